The summed E-state index contributed by atoms with van der Waals surface area (Å²) in [5, 5.41) is 7.51. The van der Waals surface area contributed by atoms with Crippen molar-refractivity contribution in [2.45, 2.75) is 6.42 Å². The van der Waals surface area contributed by atoms with Gasteiger partial charge in [-0.15, -0.1) is 0 Å². The lowest BCUT2D eigenvalue weighted by Crippen LogP contribution is -1.95. The summed E-state index contributed by atoms with van der Waals surface area (Å²) >= 11 is 0. The Hall–Kier alpha value is -2.60. The van der Waals surface area contributed by atoms with Gasteiger partial charge in [-0.1, -0.05) is 55.6 Å². The molecule has 1 rings (SSSR count). The minimum Gasteiger partial charge on any atom is -0.435 e. The van der Waals surface area contributed by atoms with E-state index < -0.39 is 0 Å². The molecule has 0 unspecified atom stereocenters. The molecule has 0 bridgehead atoms. The number of rotatable bonds is 4. The number of benzene rings is 1. The lowest BCUT2D eigenvalue weighted by atomic mass is 10.2. The van der Waals surface area contributed by atoms with Gasteiger partial charge >= 0.3 is 5.97 Å². The van der Waals surface area contributed by atoms with E-state index >= 15 is 0 Å². The average Bonchev–Trinajstić information content (AvgIpc) is 2.40. The lowest BCUT2D eigenvalue weighted by Gasteiger charge is -1.93. The Morgan fingerprint density at radius 2 is 1.94 bits per heavy atom. The molecular formula is C15H15NO2. The molecule has 1 aromatic carbocycles. The first kappa shape index (κ1) is 15.4. The Morgan fingerprint density at radius 3 is 2.44 bits per heavy atom. The number of ether oxygens (including phenoxy) is 1. The first-order valence-corrected chi connectivity index (χ1v) is 5.27. The summed E-state index contributed by atoms with van der Waals surface area (Å²) in [5.74, 6) is -0.299. The normalized spacial score (nSPS) is 8.61. The summed E-state index contributed by atoms with van der Waals surface area (Å²) in [5.41, 5.74) is 1.07. The Balaban J connectivity index is 0.000000631. The van der Waals surface area contributed by atoms with Crippen LogP contribution in [0.5, 0.6) is 0 Å². The number of allylic oxidation sites excluding steroid dienone is 1. The molecule has 18 heavy (non-hydrogen) atoms. The van der Waals surface area contributed by atoms with E-state index in [1.807, 2.05) is 36.4 Å². The molecule has 0 aliphatic heterocycles. The third-order valence-corrected chi connectivity index (χ3v) is 1.70. The number of hydrogen-bond donors (Lipinski definition) is 0. The molecule has 0 amide bonds. The first-order chi connectivity index (χ1) is 8.74. The molecule has 0 N–H and O–H groups in total. The van der Waals surface area contributed by atoms with Gasteiger partial charge in [-0.05, 0) is 5.56 Å². The predicted octanol–water partition coefficient (Wildman–Crippen LogP) is 3.47. The van der Waals surface area contributed by atoms with E-state index in [0.717, 1.165) is 11.8 Å². The minimum absolute atomic E-state index is 0.265. The van der Waals surface area contributed by atoms with Crippen LogP contribution in [0.3, 0.4) is 0 Å². The van der Waals surface area contributed by atoms with Gasteiger partial charge in [0.25, 0.3) is 0 Å². The van der Waals surface area contributed by atoms with Gasteiger partial charge in [0.1, 0.15) is 0 Å². The van der Waals surface area contributed by atoms with Gasteiger partial charge in [0.2, 0.25) is 0 Å². The molecule has 0 atom stereocenters. The molecule has 1 aromatic rings. The second-order valence-corrected chi connectivity index (χ2v) is 3.01. The topological polar surface area (TPSA) is 50.1 Å². The highest BCUT2D eigenvalue weighted by Crippen LogP contribution is 2.02. The maximum Gasteiger partial charge on any atom is 0.314 e. The van der Waals surface area contributed by atoms with Crippen LogP contribution in [0.25, 0.3) is 6.08 Å². The third kappa shape index (κ3) is 8.69. The molecule has 0 heterocycles. The maximum atomic E-state index is 10.9. The molecule has 0 fully saturated rings. The Morgan fingerprint density at radius 1 is 1.33 bits per heavy atom. The minimum atomic E-state index is -0.299. The van der Waals surface area contributed by atoms with Gasteiger partial charge in [-0.25, -0.2) is 0 Å². The Labute approximate surface area is 107 Å². The van der Waals surface area contributed by atoms with Crippen LogP contribution in [0.1, 0.15) is 12.0 Å². The molecule has 0 radical (unpaired) electrons. The molecule has 92 valence electrons. The van der Waals surface area contributed by atoms with Crippen LogP contribution in [-0.2, 0) is 9.53 Å². The molecule has 0 spiro atoms. The van der Waals surface area contributed by atoms with E-state index in [0.29, 0.717) is 0 Å². The number of esters is 1. The van der Waals surface area contributed by atoms with Gasteiger partial charge in [-0.2, -0.15) is 5.26 Å². The second kappa shape index (κ2) is 10.9. The molecule has 0 saturated carbocycles. The van der Waals surface area contributed by atoms with Crippen molar-refractivity contribution in [3.05, 3.63) is 67.5 Å². The molecule has 0 aliphatic carbocycles. The van der Waals surface area contributed by atoms with Crippen LogP contribution < -0.4 is 0 Å². The predicted molar refractivity (Wildman–Crippen MR) is 72.2 cm³/mol. The fourth-order valence-corrected chi connectivity index (χ4v) is 0.996. The van der Waals surface area contributed by atoms with Crippen LogP contribution >= 0.6 is 0 Å². The zero-order chi connectivity index (χ0) is 13.6. The summed E-state index contributed by atoms with van der Waals surface area (Å²) in [4.78, 5) is 10.9. The average molecular weight is 241 g/mol. The Bertz CT molecular complexity index is 441. The molecule has 0 aliphatic rings. The number of nitrogens with zero attached hydrogens (tertiary/aromatic N) is 1. The summed E-state index contributed by atoms with van der Waals surface area (Å²) < 4.78 is 4.55. The number of carbonyl (C=O) groups excluding carboxylic acids is 1. The maximum absolute atomic E-state index is 10.9. The van der Waals surface area contributed by atoms with E-state index in [4.69, 9.17) is 5.26 Å². The van der Waals surface area contributed by atoms with E-state index in [9.17, 15) is 4.79 Å². The van der Waals surface area contributed by atoms with Gasteiger partial charge in [0.05, 0.1) is 18.8 Å². The summed E-state index contributed by atoms with van der Waals surface area (Å²) in [7, 11) is 0. The smallest absolute Gasteiger partial charge is 0.314 e. The van der Waals surface area contributed by atoms with E-state index in [2.05, 4.69) is 17.9 Å². The van der Waals surface area contributed by atoms with Crippen molar-refractivity contribution in [2.24, 2.45) is 0 Å². The quantitative estimate of drug-likeness (QED) is 0.460. The van der Waals surface area contributed by atoms with Crippen molar-refractivity contribution in [3.63, 3.8) is 0 Å². The SMILES string of the molecule is C=CC#N.C=COC(=O)CC=Cc1ccccc1. The van der Waals surface area contributed by atoms with Crippen molar-refractivity contribution >= 4 is 12.0 Å². The summed E-state index contributed by atoms with van der Waals surface area (Å²) in [6, 6.07) is 11.5. The molecule has 0 aromatic heterocycles. The largest absolute Gasteiger partial charge is 0.435 e. The van der Waals surface area contributed by atoms with Crippen molar-refractivity contribution in [1.82, 2.24) is 0 Å². The molecule has 3 heteroatoms. The highest BCUT2D eigenvalue weighted by molar-refractivity contribution is 5.73. The highest BCUT2D eigenvalue weighted by atomic mass is 16.5. The number of carbonyl (C=O) groups is 1. The first-order valence-electron chi connectivity index (χ1n) is 5.27. The lowest BCUT2D eigenvalue weighted by molar-refractivity contribution is -0.136. The van der Waals surface area contributed by atoms with Crippen molar-refractivity contribution in [1.29, 1.82) is 5.26 Å². The van der Waals surface area contributed by atoms with E-state index in [-0.39, 0.29) is 12.4 Å². The fourth-order valence-electron chi connectivity index (χ4n) is 0.996. The van der Waals surface area contributed by atoms with E-state index in [1.54, 1.807) is 12.1 Å². The highest BCUT2D eigenvalue weighted by Gasteiger charge is 1.94. The van der Waals surface area contributed by atoms with Crippen molar-refractivity contribution in [2.75, 3.05) is 0 Å². The summed E-state index contributed by atoms with van der Waals surface area (Å²) in [6.45, 7) is 6.42. The molecule has 0 saturated heterocycles. The van der Waals surface area contributed by atoms with Crippen LogP contribution in [-0.4, -0.2) is 5.97 Å². The van der Waals surface area contributed by atoms with Crippen molar-refractivity contribution in [3.8, 4) is 6.07 Å². The summed E-state index contributed by atoms with van der Waals surface area (Å²) in [6.07, 6.45) is 6.23. The molecule has 3 nitrogen and oxygen atoms in total. The Kier molecular flexibility index (Phi) is 9.33. The zero-order valence-electron chi connectivity index (χ0n) is 10.1. The van der Waals surface area contributed by atoms with Gasteiger partial charge in [-0.3, -0.25) is 4.79 Å². The van der Waals surface area contributed by atoms with Gasteiger partial charge < -0.3 is 4.74 Å². The number of nitriles is 1. The van der Waals surface area contributed by atoms with Crippen molar-refractivity contribution < 1.29 is 9.53 Å². The fraction of sp³-hybridized carbons (Fsp3) is 0.0667. The standard InChI is InChI=1S/C12H12O2.C3H3N/c1-2-14-12(13)10-6-9-11-7-4-3-5-8-11;1-2-3-4/h2-9H,1,10H2;2H,1H2. The van der Waals surface area contributed by atoms with Crippen LogP contribution in [0.15, 0.2) is 61.9 Å². The van der Waals surface area contributed by atoms with Crippen LogP contribution in [0, 0.1) is 11.3 Å². The third-order valence-electron chi connectivity index (χ3n) is 1.70. The second-order valence-electron chi connectivity index (χ2n) is 3.01. The van der Waals surface area contributed by atoms with Gasteiger partial charge in [0.15, 0.2) is 0 Å². The van der Waals surface area contributed by atoms with Crippen LogP contribution in [0.2, 0.25) is 0 Å². The zero-order valence-corrected chi connectivity index (χ0v) is 10.1. The van der Waals surface area contributed by atoms with E-state index in [1.165, 1.54) is 6.08 Å². The monoisotopic (exact) mass is 241 g/mol. The molecular weight excluding hydrogens is 226 g/mol. The van der Waals surface area contributed by atoms with Gasteiger partial charge in [0, 0.05) is 6.08 Å². The number of hydrogen-bond acceptors (Lipinski definition) is 3. The van der Waals surface area contributed by atoms with Crippen LogP contribution in [0.4, 0.5) is 0 Å².